The molecule has 0 unspecified atom stereocenters. The number of aryl methyl sites for hydroxylation is 1. The molecule has 0 aliphatic rings. The molecule has 0 saturated heterocycles. The quantitative estimate of drug-likeness (QED) is 0.853. The second-order valence-corrected chi connectivity index (χ2v) is 5.89. The van der Waals surface area contributed by atoms with Crippen LogP contribution in [-0.2, 0) is 12.8 Å². The lowest BCUT2D eigenvalue weighted by molar-refractivity contribution is 0.824. The van der Waals surface area contributed by atoms with Crippen molar-refractivity contribution in [1.29, 1.82) is 0 Å². The fourth-order valence-corrected chi connectivity index (χ4v) is 2.86. The van der Waals surface area contributed by atoms with Crippen LogP contribution in [0.25, 0.3) is 0 Å². The standard InChI is InChI=1S/C12H13IN2OS/c1-2-4-9-11(13)12(16)15-10(14-9)7-8-5-3-6-17-8/h3,5-6H,2,4,7H2,1H3,(H,14,15,16). The molecule has 5 heteroatoms. The van der Waals surface area contributed by atoms with E-state index in [4.69, 9.17) is 0 Å². The average molecular weight is 360 g/mol. The third-order valence-electron chi connectivity index (χ3n) is 2.39. The van der Waals surface area contributed by atoms with E-state index < -0.39 is 0 Å². The molecule has 0 atom stereocenters. The number of nitrogens with zero attached hydrogens (tertiary/aromatic N) is 1. The molecule has 2 aromatic rings. The van der Waals surface area contributed by atoms with Gasteiger partial charge in [-0.15, -0.1) is 11.3 Å². The van der Waals surface area contributed by atoms with E-state index >= 15 is 0 Å². The van der Waals surface area contributed by atoms with E-state index in [9.17, 15) is 4.79 Å². The van der Waals surface area contributed by atoms with E-state index in [2.05, 4.69) is 45.5 Å². The van der Waals surface area contributed by atoms with E-state index in [1.54, 1.807) is 11.3 Å². The van der Waals surface area contributed by atoms with Crippen molar-refractivity contribution in [3.63, 3.8) is 0 Å². The number of H-pyrrole nitrogens is 1. The van der Waals surface area contributed by atoms with Crippen molar-refractivity contribution in [1.82, 2.24) is 9.97 Å². The highest BCUT2D eigenvalue weighted by atomic mass is 127. The fourth-order valence-electron chi connectivity index (χ4n) is 1.62. The molecular weight excluding hydrogens is 347 g/mol. The van der Waals surface area contributed by atoms with Gasteiger partial charge in [-0.2, -0.15) is 0 Å². The Balaban J connectivity index is 2.32. The van der Waals surface area contributed by atoms with Crippen molar-refractivity contribution >= 4 is 33.9 Å². The maximum atomic E-state index is 11.8. The minimum atomic E-state index is -0.0180. The zero-order chi connectivity index (χ0) is 12.3. The molecule has 0 aliphatic carbocycles. The summed E-state index contributed by atoms with van der Waals surface area (Å²) in [6.07, 6.45) is 2.57. The molecule has 1 N–H and O–H groups in total. The Bertz CT molecular complexity index is 548. The zero-order valence-corrected chi connectivity index (χ0v) is 12.5. The van der Waals surface area contributed by atoms with Crippen molar-refractivity contribution in [2.45, 2.75) is 26.2 Å². The van der Waals surface area contributed by atoms with Gasteiger partial charge in [0, 0.05) is 11.3 Å². The third-order valence-corrected chi connectivity index (χ3v) is 4.38. The van der Waals surface area contributed by atoms with Gasteiger partial charge in [-0.3, -0.25) is 4.79 Å². The smallest absolute Gasteiger partial charge is 0.264 e. The van der Waals surface area contributed by atoms with Crippen LogP contribution in [0.4, 0.5) is 0 Å². The van der Waals surface area contributed by atoms with Gasteiger partial charge in [0.15, 0.2) is 0 Å². The van der Waals surface area contributed by atoms with Crippen molar-refractivity contribution < 1.29 is 0 Å². The summed E-state index contributed by atoms with van der Waals surface area (Å²) in [5, 5.41) is 2.03. The van der Waals surface area contributed by atoms with Gasteiger partial charge in [0.1, 0.15) is 5.82 Å². The van der Waals surface area contributed by atoms with Gasteiger partial charge in [-0.25, -0.2) is 4.98 Å². The Hall–Kier alpha value is -0.690. The predicted molar refractivity (Wildman–Crippen MR) is 78.7 cm³/mol. The van der Waals surface area contributed by atoms with E-state index in [-0.39, 0.29) is 5.56 Å². The number of thiophene rings is 1. The van der Waals surface area contributed by atoms with E-state index in [0.29, 0.717) is 6.42 Å². The first-order valence-electron chi connectivity index (χ1n) is 5.50. The normalized spacial score (nSPS) is 10.7. The first-order chi connectivity index (χ1) is 8.20. The van der Waals surface area contributed by atoms with Gasteiger partial charge >= 0.3 is 0 Å². The van der Waals surface area contributed by atoms with Crippen molar-refractivity contribution in [2.24, 2.45) is 0 Å². The SMILES string of the molecule is CCCc1nc(Cc2cccs2)[nH]c(=O)c1I. The van der Waals surface area contributed by atoms with Crippen LogP contribution in [0, 0.1) is 3.57 Å². The second-order valence-electron chi connectivity index (χ2n) is 3.78. The molecule has 0 spiro atoms. The Morgan fingerprint density at radius 2 is 2.35 bits per heavy atom. The molecule has 17 heavy (non-hydrogen) atoms. The Kier molecular flexibility index (Phi) is 4.33. The lowest BCUT2D eigenvalue weighted by Crippen LogP contribution is -2.18. The number of aromatic amines is 1. The van der Waals surface area contributed by atoms with E-state index in [1.165, 1.54) is 4.88 Å². The van der Waals surface area contributed by atoms with Crippen LogP contribution in [0.5, 0.6) is 0 Å². The number of aromatic nitrogens is 2. The topological polar surface area (TPSA) is 45.8 Å². The summed E-state index contributed by atoms with van der Waals surface area (Å²) in [7, 11) is 0. The lowest BCUT2D eigenvalue weighted by atomic mass is 10.2. The van der Waals surface area contributed by atoms with Crippen molar-refractivity contribution in [2.75, 3.05) is 0 Å². The highest BCUT2D eigenvalue weighted by molar-refractivity contribution is 14.1. The minimum absolute atomic E-state index is 0.0180. The Morgan fingerprint density at radius 3 is 3.00 bits per heavy atom. The second kappa shape index (κ2) is 5.77. The molecule has 2 heterocycles. The molecule has 0 radical (unpaired) electrons. The van der Waals surface area contributed by atoms with Crippen LogP contribution >= 0.6 is 33.9 Å². The number of hydrogen-bond acceptors (Lipinski definition) is 3. The molecule has 2 aromatic heterocycles. The van der Waals surface area contributed by atoms with Gasteiger partial charge in [0.25, 0.3) is 5.56 Å². The van der Waals surface area contributed by atoms with Gasteiger partial charge in [-0.1, -0.05) is 19.4 Å². The maximum absolute atomic E-state index is 11.8. The number of halogens is 1. The molecule has 0 saturated carbocycles. The van der Waals surface area contributed by atoms with Gasteiger partial charge in [0.2, 0.25) is 0 Å². The molecule has 90 valence electrons. The first kappa shape index (κ1) is 12.8. The number of hydrogen-bond donors (Lipinski definition) is 1. The fraction of sp³-hybridized carbons (Fsp3) is 0.333. The van der Waals surface area contributed by atoms with Crippen LogP contribution in [-0.4, -0.2) is 9.97 Å². The van der Waals surface area contributed by atoms with E-state index in [0.717, 1.165) is 27.9 Å². The molecule has 2 rings (SSSR count). The van der Waals surface area contributed by atoms with E-state index in [1.807, 2.05) is 11.4 Å². The first-order valence-corrected chi connectivity index (χ1v) is 7.46. The summed E-state index contributed by atoms with van der Waals surface area (Å²) in [5.41, 5.74) is 0.902. The summed E-state index contributed by atoms with van der Waals surface area (Å²) in [5.74, 6) is 0.765. The Morgan fingerprint density at radius 1 is 1.53 bits per heavy atom. The highest BCUT2D eigenvalue weighted by Gasteiger charge is 2.08. The van der Waals surface area contributed by atoms with Crippen LogP contribution in [0.2, 0.25) is 0 Å². The lowest BCUT2D eigenvalue weighted by Gasteiger charge is -2.04. The molecule has 0 aliphatic heterocycles. The zero-order valence-electron chi connectivity index (χ0n) is 9.50. The number of rotatable bonds is 4. The van der Waals surface area contributed by atoms with Crippen LogP contribution in [0.3, 0.4) is 0 Å². The summed E-state index contributed by atoms with van der Waals surface area (Å²) in [6, 6.07) is 4.07. The summed E-state index contributed by atoms with van der Waals surface area (Å²) in [4.78, 5) is 20.4. The van der Waals surface area contributed by atoms with Crippen LogP contribution in [0.1, 0.15) is 29.7 Å². The molecule has 3 nitrogen and oxygen atoms in total. The predicted octanol–water partition coefficient (Wildman–Crippen LogP) is 2.98. The largest absolute Gasteiger partial charge is 0.309 e. The monoisotopic (exact) mass is 360 g/mol. The molecule has 0 aromatic carbocycles. The van der Waals surface area contributed by atoms with Crippen LogP contribution in [0.15, 0.2) is 22.3 Å². The maximum Gasteiger partial charge on any atom is 0.264 e. The summed E-state index contributed by atoms with van der Waals surface area (Å²) >= 11 is 3.75. The van der Waals surface area contributed by atoms with Crippen LogP contribution < -0.4 is 5.56 Å². The number of nitrogens with one attached hydrogen (secondary N) is 1. The van der Waals surface area contributed by atoms with Crippen molar-refractivity contribution in [3.8, 4) is 0 Å². The van der Waals surface area contributed by atoms with Gasteiger partial charge < -0.3 is 4.98 Å². The summed E-state index contributed by atoms with van der Waals surface area (Å²) < 4.78 is 0.722. The van der Waals surface area contributed by atoms with Gasteiger partial charge in [0.05, 0.1) is 9.26 Å². The molecule has 0 amide bonds. The molecule has 0 fully saturated rings. The summed E-state index contributed by atoms with van der Waals surface area (Å²) in [6.45, 7) is 2.10. The van der Waals surface area contributed by atoms with Gasteiger partial charge in [-0.05, 0) is 40.5 Å². The Labute approximate surface area is 117 Å². The molecular formula is C12H13IN2OS. The third kappa shape index (κ3) is 3.16. The van der Waals surface area contributed by atoms with Crippen molar-refractivity contribution in [3.05, 3.63) is 47.8 Å². The highest BCUT2D eigenvalue weighted by Crippen LogP contribution is 2.13. The minimum Gasteiger partial charge on any atom is -0.309 e. The average Bonchev–Trinajstić information content (AvgIpc) is 2.78. The molecule has 0 bridgehead atoms.